The number of amides is 3. The molecule has 0 spiro atoms. The molecule has 18 nitrogen and oxygen atoms in total. The molecule has 0 radical (unpaired) electrons. The number of carbonyl (C=O) groups excluding carboxylic acids is 4. The maximum absolute atomic E-state index is 14.1. The number of hydrogen-bond acceptors (Lipinski definition) is 15. The van der Waals surface area contributed by atoms with E-state index >= 15 is 0 Å². The molecule has 516 valence electrons. The van der Waals surface area contributed by atoms with Crippen LogP contribution in [-0.2, 0) is 62.3 Å². The third kappa shape index (κ3) is 10.6. The third-order valence-electron chi connectivity index (χ3n) is 19.5. The highest BCUT2D eigenvalue weighted by molar-refractivity contribution is 9.11. The highest BCUT2D eigenvalue weighted by atomic mass is 79.9. The van der Waals surface area contributed by atoms with Crippen LogP contribution in [0.4, 0.5) is 0 Å². The second kappa shape index (κ2) is 26.7. The van der Waals surface area contributed by atoms with Crippen molar-refractivity contribution in [1.29, 1.82) is 0 Å². The molecule has 6 aromatic carbocycles. The number of aliphatic hydroxyl groups is 3. The zero-order valence-corrected chi connectivity index (χ0v) is 62.4. The van der Waals surface area contributed by atoms with E-state index < -0.39 is 69.0 Å². The average Bonchev–Trinajstić information content (AvgIpc) is 1.51. The number of rotatable bonds is 11. The van der Waals surface area contributed by atoms with E-state index in [2.05, 4.69) is 62.7 Å². The molecule has 3 N–H and O–H groups in total. The van der Waals surface area contributed by atoms with Gasteiger partial charge in [-0.2, -0.15) is 0 Å². The smallest absolute Gasteiger partial charge is 0.253 e. The minimum atomic E-state index is -2.20. The van der Waals surface area contributed by atoms with Gasteiger partial charge in [0.2, 0.25) is 22.7 Å². The van der Waals surface area contributed by atoms with Crippen molar-refractivity contribution < 1.29 is 58.2 Å². The predicted octanol–water partition coefficient (Wildman–Crippen LogP) is 13.6. The van der Waals surface area contributed by atoms with Crippen LogP contribution in [-0.4, -0.2) is 125 Å². The molecule has 10 atom stereocenters. The minimum absolute atomic E-state index is 0.0646. The number of hydrogen-bond donors (Lipinski definition) is 3. The monoisotopic (exact) mass is 1610 g/mol. The first kappa shape index (κ1) is 70.9. The number of likely N-dealkylation sites (N-methyl/N-ethyl adjacent to an activating group) is 2. The number of aromatic nitrogens is 3. The molecule has 9 aromatic rings. The molecule has 101 heavy (non-hydrogen) atoms. The van der Waals surface area contributed by atoms with Gasteiger partial charge in [-0.1, -0.05) is 210 Å². The second-order valence-electron chi connectivity index (χ2n) is 25.6. The number of ether oxygens (including phenoxy) is 5. The highest BCUT2D eigenvalue weighted by Crippen LogP contribution is 2.71. The molecule has 0 unspecified atom stereocenters. The van der Waals surface area contributed by atoms with Crippen LogP contribution in [0.3, 0.4) is 0 Å². The average molecular weight is 1610 g/mol. The van der Waals surface area contributed by atoms with E-state index in [-0.39, 0.29) is 46.2 Å². The van der Waals surface area contributed by atoms with Gasteiger partial charge in [-0.15, -0.1) is 0 Å². The number of carbonyl (C=O) groups is 4. The number of ketones is 1. The van der Waals surface area contributed by atoms with E-state index in [9.17, 15) is 34.5 Å². The summed E-state index contributed by atoms with van der Waals surface area (Å²) < 4.78 is 34.1. The van der Waals surface area contributed by atoms with Crippen molar-refractivity contribution >= 4 is 106 Å². The standard InChI is InChI=1S/2C26H22BrClN2O4.C25H20BrClN2O4/c2*1-30(2)24(31)20-21(15-7-5-4-6-8-15)26(16-9-11-17(27)12-10-16)25(32,23(20)33-3)22-19(34-26)13-18(28)14-29-22;1-29(2)23(31)19-20(14-6-4-3-5-7-14)25(15-8-10-16(26)11-9-15)24(32,22(19)30)21-18(33-25)12-17(27)13-28-21/h2*4-14,21,32H,1-3H3;3-13,19-20,32H,1-2H3/t2*21-,25+,26+;19-,20-,24+,25+/m111/s1. The summed E-state index contributed by atoms with van der Waals surface area (Å²) in [5.74, 6) is -3.94. The number of fused-ring (bicyclic) bond motifs is 9. The van der Waals surface area contributed by atoms with Gasteiger partial charge in [-0.3, -0.25) is 34.1 Å². The molecule has 0 saturated heterocycles. The van der Waals surface area contributed by atoms with Crippen LogP contribution in [0.25, 0.3) is 0 Å². The third-order valence-corrected chi connectivity index (χ3v) is 21.7. The summed E-state index contributed by atoms with van der Waals surface area (Å²) in [6.07, 6.45) is 4.27. The summed E-state index contributed by atoms with van der Waals surface area (Å²) >= 11 is 29.1. The number of Topliss-reactive ketones (excluding diaryl/α,β-unsaturated/α-hetero) is 1. The lowest BCUT2D eigenvalue weighted by Gasteiger charge is -2.40. The van der Waals surface area contributed by atoms with Crippen LogP contribution >= 0.6 is 82.6 Å². The number of methoxy groups -OCH3 is 2. The van der Waals surface area contributed by atoms with Crippen molar-refractivity contribution in [2.75, 3.05) is 56.5 Å². The molecular formula is C77H64Br3Cl3N6O12. The number of benzene rings is 6. The maximum Gasteiger partial charge on any atom is 0.253 e. The van der Waals surface area contributed by atoms with Gasteiger partial charge in [-0.05, 0) is 58.7 Å². The molecule has 0 bridgehead atoms. The van der Waals surface area contributed by atoms with E-state index in [1.807, 2.05) is 152 Å². The second-order valence-corrected chi connectivity index (χ2v) is 29.7. The molecule has 3 aliphatic heterocycles. The van der Waals surface area contributed by atoms with E-state index in [1.165, 1.54) is 47.5 Å². The zero-order chi connectivity index (χ0) is 72.0. The molecule has 1 fully saturated rings. The van der Waals surface area contributed by atoms with Crippen LogP contribution in [0.1, 0.15) is 68.2 Å². The first-order valence-corrected chi connectivity index (χ1v) is 35.1. The lowest BCUT2D eigenvalue weighted by molar-refractivity contribution is -0.153. The lowest BCUT2D eigenvalue weighted by Crippen LogP contribution is -2.51. The SMILES string of the molecule is CN(C)C(=O)[C@H]1C(=O)[C@@]2(O)c3ncc(Cl)cc3O[C@@]2(c2ccc(Br)cc2)[C@@H]1c1ccccc1.COC1=C(C(=O)N(C)C)[C@@H](c2ccccc2)[C@]2(c3ccc(Br)cc3)Oc3cc(Cl)cnc3[C@]12O.COC1=C(C(=O)N(C)C)[C@@H](c2ccccc2)[C@]2(c3ccc(Br)cc3)Oc3cc(Cl)cnc3[C@]12O. The van der Waals surface area contributed by atoms with Crippen molar-refractivity contribution in [1.82, 2.24) is 29.7 Å². The van der Waals surface area contributed by atoms with Gasteiger partial charge in [0.05, 0.1) is 58.2 Å². The molecule has 15 rings (SSSR count). The number of halogens is 6. The molecule has 3 aromatic heterocycles. The minimum Gasteiger partial charge on any atom is -0.497 e. The van der Waals surface area contributed by atoms with Crippen molar-refractivity contribution in [3.63, 3.8) is 0 Å². The van der Waals surface area contributed by atoms with Crippen LogP contribution in [0.15, 0.2) is 237 Å². The maximum atomic E-state index is 14.1. The van der Waals surface area contributed by atoms with Gasteiger partial charge in [0.25, 0.3) is 11.8 Å². The lowest BCUT2D eigenvalue weighted by atomic mass is 9.70. The predicted molar refractivity (Wildman–Crippen MR) is 389 cm³/mol. The summed E-state index contributed by atoms with van der Waals surface area (Å²) in [5, 5.41) is 38.6. The van der Waals surface area contributed by atoms with E-state index in [0.29, 0.717) is 60.0 Å². The van der Waals surface area contributed by atoms with Crippen molar-refractivity contribution in [3.8, 4) is 17.2 Å². The summed E-state index contributed by atoms with van der Waals surface area (Å²) in [6.45, 7) is 0. The summed E-state index contributed by atoms with van der Waals surface area (Å²) in [6, 6.07) is 55.2. The van der Waals surface area contributed by atoms with Crippen LogP contribution in [0.2, 0.25) is 15.1 Å². The van der Waals surface area contributed by atoms with E-state index in [0.717, 1.165) is 24.5 Å². The summed E-state index contributed by atoms with van der Waals surface area (Å²) in [5.41, 5.74) is -5.19. The van der Waals surface area contributed by atoms with Crippen molar-refractivity contribution in [2.24, 2.45) is 5.92 Å². The Morgan fingerprint density at radius 2 is 0.752 bits per heavy atom. The van der Waals surface area contributed by atoms with Gasteiger partial charge >= 0.3 is 0 Å². The molecule has 3 amide bonds. The first-order chi connectivity index (χ1) is 48.2. The van der Waals surface area contributed by atoms with E-state index in [1.54, 1.807) is 72.6 Å². The largest absolute Gasteiger partial charge is 0.497 e. The van der Waals surface area contributed by atoms with Gasteiger partial charge < -0.3 is 53.7 Å². The van der Waals surface area contributed by atoms with Crippen molar-refractivity contribution in [2.45, 2.75) is 51.4 Å². The topological polar surface area (TPSA) is 224 Å². The Morgan fingerprint density at radius 3 is 1.07 bits per heavy atom. The Hall–Kier alpha value is -8.48. The Bertz CT molecular complexity index is 4650. The zero-order valence-electron chi connectivity index (χ0n) is 55.3. The fourth-order valence-corrected chi connectivity index (χ4v) is 16.7. The fourth-order valence-electron chi connectivity index (χ4n) is 15.5. The molecule has 1 saturated carbocycles. The highest BCUT2D eigenvalue weighted by Gasteiger charge is 2.80. The Labute approximate surface area is 622 Å². The Morgan fingerprint density at radius 1 is 0.446 bits per heavy atom. The van der Waals surface area contributed by atoms with Crippen molar-refractivity contribution in [3.05, 3.63) is 302 Å². The Kier molecular flexibility index (Phi) is 18.8. The van der Waals surface area contributed by atoms with E-state index in [4.69, 9.17) is 58.5 Å². The number of nitrogens with zero attached hydrogens (tertiary/aromatic N) is 6. The van der Waals surface area contributed by atoms with Crippen LogP contribution in [0.5, 0.6) is 17.2 Å². The van der Waals surface area contributed by atoms with Crippen LogP contribution < -0.4 is 14.2 Å². The normalized spacial score (nSPS) is 25.8. The van der Waals surface area contributed by atoms with Gasteiger partial charge in [0.15, 0.2) is 22.6 Å². The fraction of sp³-hybridized carbons (Fsp3) is 0.234. The van der Waals surface area contributed by atoms with Crippen LogP contribution in [0, 0.1) is 5.92 Å². The molecule has 24 heteroatoms. The summed E-state index contributed by atoms with van der Waals surface area (Å²) in [4.78, 5) is 72.3. The first-order valence-electron chi connectivity index (χ1n) is 31.6. The summed E-state index contributed by atoms with van der Waals surface area (Å²) in [7, 11) is 12.8. The quantitative estimate of drug-likeness (QED) is 0.102. The number of pyridine rings is 3. The van der Waals surface area contributed by atoms with Gasteiger partial charge in [0.1, 0.15) is 51.8 Å². The molecule has 3 aliphatic carbocycles. The van der Waals surface area contributed by atoms with Gasteiger partial charge in [0, 0.05) is 104 Å². The Balaban J connectivity index is 0.000000135. The molecular weight excluding hydrogens is 1550 g/mol. The van der Waals surface area contributed by atoms with Gasteiger partial charge in [-0.25, -0.2) is 0 Å². The molecule has 6 heterocycles. The molecule has 6 aliphatic rings.